The molecular formula is C25H28N2O4. The molecule has 162 valence electrons. The van der Waals surface area contributed by atoms with E-state index in [0.29, 0.717) is 34.9 Å². The van der Waals surface area contributed by atoms with Crippen LogP contribution in [0.4, 0.5) is 5.69 Å². The summed E-state index contributed by atoms with van der Waals surface area (Å²) in [5.41, 5.74) is 1.24. The molecule has 0 radical (unpaired) electrons. The number of carbonyl (C=O) groups is 2. The van der Waals surface area contributed by atoms with Gasteiger partial charge in [0.05, 0.1) is 36.2 Å². The van der Waals surface area contributed by atoms with Crippen LogP contribution in [-0.4, -0.2) is 18.4 Å². The van der Waals surface area contributed by atoms with Crippen LogP contribution in [0.3, 0.4) is 0 Å². The minimum atomic E-state index is -0.324. The zero-order valence-electron chi connectivity index (χ0n) is 17.7. The van der Waals surface area contributed by atoms with E-state index in [9.17, 15) is 9.59 Å². The number of ether oxygens (including phenoxy) is 1. The highest BCUT2D eigenvalue weighted by Gasteiger charge is 2.17. The zero-order valence-corrected chi connectivity index (χ0v) is 17.7. The Kier molecular flexibility index (Phi) is 8.29. The number of para-hydroxylation sites is 2. The van der Waals surface area contributed by atoms with Gasteiger partial charge in [0.1, 0.15) is 11.5 Å². The Hall–Kier alpha value is -3.54. The standard InChI is InChI=1S/C25H28N2O4/c1-2-3-4-9-16-31-23-15-8-6-13-21(23)25(29)27-22-14-7-5-12-20(22)24(28)26-18-19-11-10-17-30-19/h5-8,10-15,17H,2-4,9,16,18H2,1H3,(H,26,28)(H,27,29). The lowest BCUT2D eigenvalue weighted by molar-refractivity contribution is 0.0949. The van der Waals surface area contributed by atoms with E-state index in [0.717, 1.165) is 19.3 Å². The predicted molar refractivity (Wildman–Crippen MR) is 120 cm³/mol. The van der Waals surface area contributed by atoms with E-state index < -0.39 is 0 Å². The van der Waals surface area contributed by atoms with Crippen molar-refractivity contribution in [3.8, 4) is 5.75 Å². The van der Waals surface area contributed by atoms with Crippen molar-refractivity contribution in [3.05, 3.63) is 83.8 Å². The van der Waals surface area contributed by atoms with Gasteiger partial charge >= 0.3 is 0 Å². The first kappa shape index (κ1) is 22.2. The van der Waals surface area contributed by atoms with E-state index in [1.165, 1.54) is 6.42 Å². The summed E-state index contributed by atoms with van der Waals surface area (Å²) in [6.07, 6.45) is 5.94. The third kappa shape index (κ3) is 6.47. The summed E-state index contributed by atoms with van der Waals surface area (Å²) < 4.78 is 11.1. The zero-order chi connectivity index (χ0) is 21.9. The van der Waals surface area contributed by atoms with Crippen molar-refractivity contribution >= 4 is 17.5 Å². The molecule has 0 bridgehead atoms. The van der Waals surface area contributed by atoms with Crippen molar-refractivity contribution in [2.75, 3.05) is 11.9 Å². The SMILES string of the molecule is CCCCCCOc1ccccc1C(=O)Nc1ccccc1C(=O)NCc1ccco1. The Morgan fingerprint density at radius 2 is 1.65 bits per heavy atom. The molecule has 6 heteroatoms. The maximum Gasteiger partial charge on any atom is 0.259 e. The number of nitrogens with one attached hydrogen (secondary N) is 2. The smallest absolute Gasteiger partial charge is 0.259 e. The second kappa shape index (κ2) is 11.6. The first-order valence-electron chi connectivity index (χ1n) is 10.6. The average molecular weight is 421 g/mol. The van der Waals surface area contributed by atoms with Crippen LogP contribution < -0.4 is 15.4 Å². The van der Waals surface area contributed by atoms with Gasteiger partial charge in [0.15, 0.2) is 0 Å². The minimum Gasteiger partial charge on any atom is -0.493 e. The summed E-state index contributed by atoms with van der Waals surface area (Å²) in [5, 5.41) is 5.65. The highest BCUT2D eigenvalue weighted by Crippen LogP contribution is 2.22. The Morgan fingerprint density at radius 3 is 2.42 bits per heavy atom. The second-order valence-corrected chi connectivity index (χ2v) is 7.17. The number of hydrogen-bond acceptors (Lipinski definition) is 4. The van der Waals surface area contributed by atoms with Gasteiger partial charge in [0, 0.05) is 0 Å². The predicted octanol–water partition coefficient (Wildman–Crippen LogP) is 5.42. The van der Waals surface area contributed by atoms with Gasteiger partial charge in [0.2, 0.25) is 0 Å². The maximum atomic E-state index is 13.0. The molecule has 0 aliphatic rings. The van der Waals surface area contributed by atoms with Gasteiger partial charge in [-0.2, -0.15) is 0 Å². The molecule has 0 unspecified atom stereocenters. The number of rotatable bonds is 11. The topological polar surface area (TPSA) is 80.6 Å². The number of unbranched alkanes of at least 4 members (excludes halogenated alkanes) is 3. The Morgan fingerprint density at radius 1 is 0.871 bits per heavy atom. The third-order valence-corrected chi connectivity index (χ3v) is 4.81. The fourth-order valence-electron chi connectivity index (χ4n) is 3.15. The monoisotopic (exact) mass is 420 g/mol. The molecule has 2 N–H and O–H groups in total. The van der Waals surface area contributed by atoms with Crippen LogP contribution in [0.15, 0.2) is 71.3 Å². The van der Waals surface area contributed by atoms with Crippen LogP contribution in [-0.2, 0) is 6.54 Å². The summed E-state index contributed by atoms with van der Waals surface area (Å²) in [6.45, 7) is 2.99. The Balaban J connectivity index is 1.66. The van der Waals surface area contributed by atoms with E-state index >= 15 is 0 Å². The van der Waals surface area contributed by atoms with Crippen molar-refractivity contribution in [1.29, 1.82) is 0 Å². The molecule has 31 heavy (non-hydrogen) atoms. The van der Waals surface area contributed by atoms with E-state index in [4.69, 9.17) is 9.15 Å². The van der Waals surface area contributed by atoms with Crippen LogP contribution in [0.2, 0.25) is 0 Å². The van der Waals surface area contributed by atoms with E-state index in [1.807, 2.05) is 6.07 Å². The summed E-state index contributed by atoms with van der Waals surface area (Å²) in [7, 11) is 0. The molecule has 3 aromatic rings. The molecule has 0 aliphatic heterocycles. The van der Waals surface area contributed by atoms with Crippen LogP contribution in [0, 0.1) is 0 Å². The van der Waals surface area contributed by atoms with Crippen LogP contribution in [0.5, 0.6) is 5.75 Å². The molecule has 0 saturated heterocycles. The molecule has 0 spiro atoms. The van der Waals surface area contributed by atoms with Gasteiger partial charge in [-0.15, -0.1) is 0 Å². The van der Waals surface area contributed by atoms with Crippen molar-refractivity contribution in [1.82, 2.24) is 5.32 Å². The van der Waals surface area contributed by atoms with Gasteiger partial charge in [-0.1, -0.05) is 50.5 Å². The number of hydrogen-bond donors (Lipinski definition) is 2. The molecule has 3 rings (SSSR count). The lowest BCUT2D eigenvalue weighted by atomic mass is 10.1. The van der Waals surface area contributed by atoms with E-state index in [1.54, 1.807) is 60.9 Å². The molecule has 1 aromatic heterocycles. The molecule has 0 aliphatic carbocycles. The number of amides is 2. The molecule has 0 saturated carbocycles. The quantitative estimate of drug-likeness (QED) is 0.406. The molecule has 1 heterocycles. The van der Waals surface area contributed by atoms with E-state index in [2.05, 4.69) is 17.6 Å². The fraction of sp³-hybridized carbons (Fsp3) is 0.280. The number of carbonyl (C=O) groups excluding carboxylic acids is 2. The lowest BCUT2D eigenvalue weighted by Gasteiger charge is -2.14. The van der Waals surface area contributed by atoms with Crippen molar-refractivity contribution in [3.63, 3.8) is 0 Å². The van der Waals surface area contributed by atoms with Crippen molar-refractivity contribution < 1.29 is 18.7 Å². The molecule has 2 amide bonds. The molecule has 2 aromatic carbocycles. The average Bonchev–Trinajstić information content (AvgIpc) is 3.32. The normalized spacial score (nSPS) is 10.5. The van der Waals surface area contributed by atoms with E-state index in [-0.39, 0.29) is 18.4 Å². The molecule has 0 atom stereocenters. The Labute approximate surface area is 182 Å². The number of furan rings is 1. The third-order valence-electron chi connectivity index (χ3n) is 4.81. The van der Waals surface area contributed by atoms with Crippen molar-refractivity contribution in [2.24, 2.45) is 0 Å². The summed E-state index contributed by atoms with van der Waals surface area (Å²) in [6, 6.07) is 17.6. The largest absolute Gasteiger partial charge is 0.493 e. The second-order valence-electron chi connectivity index (χ2n) is 7.17. The van der Waals surface area contributed by atoms with Gasteiger partial charge in [-0.25, -0.2) is 0 Å². The first-order valence-corrected chi connectivity index (χ1v) is 10.6. The number of anilines is 1. The molecule has 6 nitrogen and oxygen atoms in total. The summed E-state index contributed by atoms with van der Waals surface area (Å²) >= 11 is 0. The summed E-state index contributed by atoms with van der Waals surface area (Å²) in [4.78, 5) is 25.6. The lowest BCUT2D eigenvalue weighted by Crippen LogP contribution is -2.24. The minimum absolute atomic E-state index is 0.267. The summed E-state index contributed by atoms with van der Waals surface area (Å²) in [5.74, 6) is 0.569. The van der Waals surface area contributed by atoms with Crippen LogP contribution in [0.25, 0.3) is 0 Å². The Bertz CT molecular complexity index is 983. The fourth-order valence-corrected chi connectivity index (χ4v) is 3.15. The van der Waals surface area contributed by atoms with Crippen LogP contribution in [0.1, 0.15) is 59.1 Å². The highest BCUT2D eigenvalue weighted by molar-refractivity contribution is 6.10. The van der Waals surface area contributed by atoms with Gasteiger partial charge in [-0.3, -0.25) is 9.59 Å². The molecule has 0 fully saturated rings. The molecular weight excluding hydrogens is 392 g/mol. The van der Waals surface area contributed by atoms with Gasteiger partial charge < -0.3 is 19.8 Å². The first-order chi connectivity index (χ1) is 15.2. The van der Waals surface area contributed by atoms with Crippen LogP contribution >= 0.6 is 0 Å². The van der Waals surface area contributed by atoms with Gasteiger partial charge in [-0.05, 0) is 42.8 Å². The highest BCUT2D eigenvalue weighted by atomic mass is 16.5. The maximum absolute atomic E-state index is 13.0. The number of benzene rings is 2. The van der Waals surface area contributed by atoms with Gasteiger partial charge in [0.25, 0.3) is 11.8 Å². The van der Waals surface area contributed by atoms with Crippen molar-refractivity contribution in [2.45, 2.75) is 39.2 Å².